The third-order valence-corrected chi connectivity index (χ3v) is 17.5. The maximum Gasteiger partial charge on any atom is 0.302 e. The Balaban J connectivity index is 1.12. The summed E-state index contributed by atoms with van der Waals surface area (Å²) in [5, 5.41) is 86.6. The van der Waals surface area contributed by atoms with Crippen molar-refractivity contribution >= 4 is 5.97 Å². The van der Waals surface area contributed by atoms with Gasteiger partial charge in [-0.1, -0.05) is 34.6 Å². The minimum Gasteiger partial charge on any atom is -0.460 e. The summed E-state index contributed by atoms with van der Waals surface area (Å²) in [5.74, 6) is -0.168. The van der Waals surface area contributed by atoms with Gasteiger partial charge in [-0.3, -0.25) is 4.79 Å². The Bertz CT molecular complexity index is 1510. The zero-order valence-corrected chi connectivity index (χ0v) is 35.8. The summed E-state index contributed by atoms with van der Waals surface area (Å²) in [6, 6.07) is 0. The molecule has 334 valence electrons. The van der Waals surface area contributed by atoms with Gasteiger partial charge in [0, 0.05) is 13.3 Å². The second kappa shape index (κ2) is 15.3. The van der Waals surface area contributed by atoms with Gasteiger partial charge in [-0.05, 0) is 111 Å². The predicted octanol–water partition coefficient (Wildman–Crippen LogP) is 1.54. The number of rotatable bonds is 7. The molecule has 7 rings (SSSR count). The molecule has 0 aromatic carbocycles. The topological polar surface area (TPSA) is 234 Å². The summed E-state index contributed by atoms with van der Waals surface area (Å²) >= 11 is 0. The fourth-order valence-corrected chi connectivity index (χ4v) is 14.4. The Morgan fingerprint density at radius 3 is 2.07 bits per heavy atom. The largest absolute Gasteiger partial charge is 0.460 e. The number of aliphatic hydroxyl groups excluding tert-OH is 8. The number of hydrogen-bond donors (Lipinski definition) is 8. The van der Waals surface area contributed by atoms with Gasteiger partial charge in [-0.15, -0.1) is 0 Å². The molecule has 3 aliphatic heterocycles. The van der Waals surface area contributed by atoms with E-state index in [4.69, 9.17) is 28.4 Å². The van der Waals surface area contributed by atoms with Crippen LogP contribution in [0.15, 0.2) is 0 Å². The van der Waals surface area contributed by atoms with Crippen molar-refractivity contribution < 1.29 is 74.1 Å². The second-order valence-corrected chi connectivity index (χ2v) is 21.3. The van der Waals surface area contributed by atoms with Crippen molar-refractivity contribution in [3.05, 3.63) is 0 Å². The molecule has 8 N–H and O–H groups in total. The molecule has 4 saturated carbocycles. The first kappa shape index (κ1) is 45.0. The molecule has 3 heterocycles. The summed E-state index contributed by atoms with van der Waals surface area (Å²) in [5.41, 5.74) is -2.65. The molecule has 15 heteroatoms. The molecule has 0 unspecified atom stereocenters. The minimum atomic E-state index is -1.65. The summed E-state index contributed by atoms with van der Waals surface area (Å²) in [7, 11) is 0. The quantitative estimate of drug-likeness (QED) is 0.134. The average Bonchev–Trinajstić information content (AvgIpc) is 3.52. The highest BCUT2D eigenvalue weighted by Gasteiger charge is 2.72. The summed E-state index contributed by atoms with van der Waals surface area (Å²) in [6.07, 6.45) is -9.64. The van der Waals surface area contributed by atoms with Gasteiger partial charge in [0.1, 0.15) is 54.9 Å². The van der Waals surface area contributed by atoms with Crippen LogP contribution in [0.5, 0.6) is 0 Å². The van der Waals surface area contributed by atoms with Crippen LogP contribution in [0.1, 0.15) is 114 Å². The number of carbonyl (C=O) groups is 1. The SMILES string of the molecule is CC(=O)O[C@H]1C[C@@](C)([C@H]2CC[C@]3(C)[C@@H]2[C@H](O)C[C@@H]2[C@@]4(C)CC[C@H](O[C@@H]5O[C@H](CO)[C@@H](O)[C@H](O)[C@H]5O[C@@H]5OC[C@@H](O)[C@H](O)[C@H]5O)C(C)(C)[C@@H]4CC[C@]23C)OC(C)(C)[C@@H]1O. The van der Waals surface area contributed by atoms with E-state index in [1.807, 2.05) is 13.8 Å². The highest BCUT2D eigenvalue weighted by Crippen LogP contribution is 2.76. The molecule has 0 aromatic rings. The van der Waals surface area contributed by atoms with Gasteiger partial charge in [0.15, 0.2) is 12.6 Å². The maximum absolute atomic E-state index is 12.5. The first-order chi connectivity index (χ1) is 26.9. The van der Waals surface area contributed by atoms with Crippen LogP contribution in [0.3, 0.4) is 0 Å². The standard InChI is InChI=1S/C43H72O15/c1-20(45)54-24-17-43(9,58-39(4,5)35(24)52)21-10-14-42(8)29(21)22(46)16-27-40(6)13-12-28(38(2,3)26(40)11-15-41(27,42)7)56-37-34(32(50)31(49)25(18-44)55-37)57-36-33(51)30(48)23(47)19-53-36/h21-37,44,46-52H,10-19H2,1-9H3/t21-,22+,23+,24-,25+,26-,27+,28-,29-,30-,31+,32-,33+,34+,35+,36-,37-,40-,41+,42+,43-/m0/s1. The Kier molecular flexibility index (Phi) is 11.9. The van der Waals surface area contributed by atoms with Crippen LogP contribution >= 0.6 is 0 Å². The fraction of sp³-hybridized carbons (Fsp3) is 0.977. The van der Waals surface area contributed by atoms with E-state index < -0.39 is 109 Å². The predicted molar refractivity (Wildman–Crippen MR) is 205 cm³/mol. The normalized spacial score (nSPS) is 55.2. The lowest BCUT2D eigenvalue weighted by Crippen LogP contribution is -2.68. The molecule has 0 radical (unpaired) electrons. The highest BCUT2D eigenvalue weighted by molar-refractivity contribution is 5.66. The van der Waals surface area contributed by atoms with Gasteiger partial charge >= 0.3 is 5.97 Å². The number of ether oxygens (including phenoxy) is 6. The van der Waals surface area contributed by atoms with E-state index in [-0.39, 0.29) is 46.5 Å². The summed E-state index contributed by atoms with van der Waals surface area (Å²) in [4.78, 5) is 12.1. The Morgan fingerprint density at radius 2 is 1.41 bits per heavy atom. The van der Waals surface area contributed by atoms with Crippen molar-refractivity contribution in [2.45, 2.75) is 205 Å². The van der Waals surface area contributed by atoms with Crippen LogP contribution in [0.25, 0.3) is 0 Å². The smallest absolute Gasteiger partial charge is 0.302 e. The first-order valence-corrected chi connectivity index (χ1v) is 21.7. The molecule has 4 aliphatic carbocycles. The minimum absolute atomic E-state index is 0.0167. The van der Waals surface area contributed by atoms with Crippen LogP contribution in [0.4, 0.5) is 0 Å². The lowest BCUT2D eigenvalue weighted by Gasteiger charge is -2.71. The molecule has 0 aromatic heterocycles. The van der Waals surface area contributed by atoms with Crippen LogP contribution in [0.2, 0.25) is 0 Å². The van der Waals surface area contributed by atoms with E-state index >= 15 is 0 Å². The molecule has 3 saturated heterocycles. The Morgan fingerprint density at radius 1 is 0.741 bits per heavy atom. The van der Waals surface area contributed by atoms with Crippen LogP contribution < -0.4 is 0 Å². The van der Waals surface area contributed by atoms with Crippen LogP contribution in [-0.4, -0.2) is 151 Å². The third kappa shape index (κ3) is 6.93. The van der Waals surface area contributed by atoms with Gasteiger partial charge < -0.3 is 69.3 Å². The number of carbonyl (C=O) groups excluding carboxylic acids is 1. The van der Waals surface area contributed by atoms with E-state index in [0.29, 0.717) is 19.3 Å². The second-order valence-electron chi connectivity index (χ2n) is 21.3. The number of fused-ring (bicyclic) bond motifs is 5. The van der Waals surface area contributed by atoms with E-state index in [1.165, 1.54) is 6.92 Å². The third-order valence-electron chi connectivity index (χ3n) is 17.5. The van der Waals surface area contributed by atoms with E-state index in [0.717, 1.165) is 32.1 Å². The molecule has 21 atom stereocenters. The monoisotopic (exact) mass is 828 g/mol. The Labute approximate surface area is 342 Å². The van der Waals surface area contributed by atoms with Crippen molar-refractivity contribution in [1.29, 1.82) is 0 Å². The molecular formula is C43H72O15. The molecule has 0 bridgehead atoms. The average molecular weight is 829 g/mol. The van der Waals surface area contributed by atoms with E-state index in [1.54, 1.807) is 0 Å². The number of esters is 1. The zero-order valence-electron chi connectivity index (χ0n) is 35.8. The van der Waals surface area contributed by atoms with E-state index in [9.17, 15) is 45.6 Å². The molecular weight excluding hydrogens is 756 g/mol. The summed E-state index contributed by atoms with van der Waals surface area (Å²) < 4.78 is 36.8. The van der Waals surface area contributed by atoms with Gasteiger partial charge in [0.05, 0.1) is 36.6 Å². The molecule has 0 spiro atoms. The maximum atomic E-state index is 12.5. The zero-order chi connectivity index (χ0) is 42.7. The van der Waals surface area contributed by atoms with Gasteiger partial charge in [0.25, 0.3) is 0 Å². The molecule has 7 fully saturated rings. The van der Waals surface area contributed by atoms with Crippen molar-refractivity contribution in [3.8, 4) is 0 Å². The van der Waals surface area contributed by atoms with Gasteiger partial charge in [0.2, 0.25) is 0 Å². The van der Waals surface area contributed by atoms with Gasteiger partial charge in [-0.2, -0.15) is 0 Å². The van der Waals surface area contributed by atoms with E-state index in [2.05, 4.69) is 41.5 Å². The molecule has 58 heavy (non-hydrogen) atoms. The van der Waals surface area contributed by atoms with Crippen molar-refractivity contribution in [3.63, 3.8) is 0 Å². The number of aliphatic hydroxyl groups is 8. The molecule has 0 amide bonds. The summed E-state index contributed by atoms with van der Waals surface area (Å²) in [6.45, 7) is 17.8. The van der Waals surface area contributed by atoms with Crippen LogP contribution in [0, 0.1) is 45.3 Å². The van der Waals surface area contributed by atoms with Crippen molar-refractivity contribution in [2.75, 3.05) is 13.2 Å². The van der Waals surface area contributed by atoms with Gasteiger partial charge in [-0.25, -0.2) is 0 Å². The van der Waals surface area contributed by atoms with Crippen molar-refractivity contribution in [2.24, 2.45) is 45.3 Å². The number of hydrogen-bond acceptors (Lipinski definition) is 15. The Hall–Kier alpha value is -1.05. The fourth-order valence-electron chi connectivity index (χ4n) is 14.4. The van der Waals surface area contributed by atoms with Crippen molar-refractivity contribution in [1.82, 2.24) is 0 Å². The molecule has 15 nitrogen and oxygen atoms in total. The lowest BCUT2D eigenvalue weighted by molar-refractivity contribution is -0.370. The first-order valence-electron chi connectivity index (χ1n) is 21.7. The highest BCUT2D eigenvalue weighted by atomic mass is 16.8. The van der Waals surface area contributed by atoms with Crippen LogP contribution in [-0.2, 0) is 33.2 Å². The lowest BCUT2D eigenvalue weighted by atomic mass is 9.35. The molecule has 7 aliphatic rings.